The van der Waals surface area contributed by atoms with E-state index in [0.717, 1.165) is 37.1 Å². The van der Waals surface area contributed by atoms with Crippen molar-refractivity contribution < 1.29 is 0 Å². The van der Waals surface area contributed by atoms with Gasteiger partial charge in [-0.05, 0) is 32.1 Å². The van der Waals surface area contributed by atoms with Crippen molar-refractivity contribution in [1.82, 2.24) is 15.2 Å². The lowest BCUT2D eigenvalue weighted by Crippen LogP contribution is -2.36. The molecule has 94 valence electrons. The maximum atomic E-state index is 6.01. The number of aromatic nitrogens is 3. The van der Waals surface area contributed by atoms with E-state index in [2.05, 4.69) is 34.3 Å². The molecular weight excluding hydrogens is 214 g/mol. The standard InChI is InChI=1S/C12H21N5/c1-3-9-10(4-2)16-17-12(14-9)15-11-7-5-6-8(11)13/h8,11H,3-7,13H2,1-2H3,(H,14,15,17). The zero-order chi connectivity index (χ0) is 12.3. The summed E-state index contributed by atoms with van der Waals surface area (Å²) in [5.41, 5.74) is 8.05. The van der Waals surface area contributed by atoms with Crippen molar-refractivity contribution >= 4 is 5.95 Å². The van der Waals surface area contributed by atoms with Crippen molar-refractivity contribution in [2.75, 3.05) is 5.32 Å². The van der Waals surface area contributed by atoms with Crippen LogP contribution in [0, 0.1) is 0 Å². The summed E-state index contributed by atoms with van der Waals surface area (Å²) >= 11 is 0. The Kier molecular flexibility index (Phi) is 3.89. The maximum absolute atomic E-state index is 6.01. The fourth-order valence-electron chi connectivity index (χ4n) is 2.33. The Bertz CT molecular complexity index is 379. The van der Waals surface area contributed by atoms with Crippen molar-refractivity contribution in [3.63, 3.8) is 0 Å². The van der Waals surface area contributed by atoms with E-state index in [0.29, 0.717) is 12.0 Å². The van der Waals surface area contributed by atoms with Crippen LogP contribution in [0.25, 0.3) is 0 Å². The highest BCUT2D eigenvalue weighted by molar-refractivity contribution is 5.28. The second-order valence-corrected chi connectivity index (χ2v) is 4.58. The quantitative estimate of drug-likeness (QED) is 0.822. The molecule has 0 saturated heterocycles. The minimum Gasteiger partial charge on any atom is -0.349 e. The van der Waals surface area contributed by atoms with Gasteiger partial charge in [-0.1, -0.05) is 13.8 Å². The summed E-state index contributed by atoms with van der Waals surface area (Å²) in [7, 11) is 0. The molecule has 2 rings (SSSR count). The fraction of sp³-hybridized carbons (Fsp3) is 0.750. The summed E-state index contributed by atoms with van der Waals surface area (Å²) in [5.74, 6) is 0.626. The van der Waals surface area contributed by atoms with E-state index >= 15 is 0 Å². The molecule has 0 bridgehead atoms. The molecule has 3 N–H and O–H groups in total. The van der Waals surface area contributed by atoms with Gasteiger partial charge in [0, 0.05) is 12.1 Å². The molecule has 1 heterocycles. The molecule has 0 amide bonds. The number of nitrogens with one attached hydrogen (secondary N) is 1. The van der Waals surface area contributed by atoms with E-state index in [-0.39, 0.29) is 6.04 Å². The van der Waals surface area contributed by atoms with Crippen molar-refractivity contribution in [3.05, 3.63) is 11.4 Å². The van der Waals surface area contributed by atoms with E-state index in [4.69, 9.17) is 5.73 Å². The topological polar surface area (TPSA) is 76.7 Å². The lowest BCUT2D eigenvalue weighted by molar-refractivity contribution is 0.628. The van der Waals surface area contributed by atoms with E-state index in [9.17, 15) is 0 Å². The molecule has 1 fully saturated rings. The number of hydrogen-bond donors (Lipinski definition) is 2. The molecule has 17 heavy (non-hydrogen) atoms. The Labute approximate surface area is 102 Å². The highest BCUT2D eigenvalue weighted by Crippen LogP contribution is 2.20. The van der Waals surface area contributed by atoms with E-state index < -0.39 is 0 Å². The van der Waals surface area contributed by atoms with Crippen LogP contribution in [0.3, 0.4) is 0 Å². The summed E-state index contributed by atoms with van der Waals surface area (Å²) in [5, 5.41) is 11.7. The minimum absolute atomic E-state index is 0.217. The van der Waals surface area contributed by atoms with Gasteiger partial charge in [0.05, 0.1) is 11.4 Å². The summed E-state index contributed by atoms with van der Waals surface area (Å²) in [4.78, 5) is 4.52. The van der Waals surface area contributed by atoms with E-state index in [1.807, 2.05) is 0 Å². The van der Waals surface area contributed by atoms with Gasteiger partial charge < -0.3 is 11.1 Å². The first-order valence-electron chi connectivity index (χ1n) is 6.49. The van der Waals surface area contributed by atoms with Crippen molar-refractivity contribution in [3.8, 4) is 0 Å². The summed E-state index contributed by atoms with van der Waals surface area (Å²) < 4.78 is 0. The number of nitrogens with two attached hydrogens (primary N) is 1. The number of hydrogen-bond acceptors (Lipinski definition) is 5. The van der Waals surface area contributed by atoms with Gasteiger partial charge in [-0.2, -0.15) is 5.10 Å². The first-order chi connectivity index (χ1) is 8.24. The monoisotopic (exact) mass is 235 g/mol. The molecular formula is C12H21N5. The van der Waals surface area contributed by atoms with E-state index in [1.165, 1.54) is 6.42 Å². The van der Waals surface area contributed by atoms with Crippen LogP contribution in [0.5, 0.6) is 0 Å². The predicted octanol–water partition coefficient (Wildman–Crippen LogP) is 1.29. The molecule has 0 spiro atoms. The Morgan fingerprint density at radius 2 is 1.94 bits per heavy atom. The molecule has 2 atom stereocenters. The summed E-state index contributed by atoms with van der Waals surface area (Å²) in [6.45, 7) is 4.17. The number of anilines is 1. The second-order valence-electron chi connectivity index (χ2n) is 4.58. The van der Waals surface area contributed by atoms with Crippen molar-refractivity contribution in [1.29, 1.82) is 0 Å². The highest BCUT2D eigenvalue weighted by atomic mass is 15.3. The van der Waals surface area contributed by atoms with Crippen molar-refractivity contribution in [2.45, 2.75) is 58.0 Å². The third-order valence-corrected chi connectivity index (χ3v) is 3.39. The van der Waals surface area contributed by atoms with Crippen LogP contribution in [-0.2, 0) is 12.8 Å². The number of aryl methyl sites for hydroxylation is 2. The Morgan fingerprint density at radius 3 is 2.53 bits per heavy atom. The van der Waals surface area contributed by atoms with Crippen LogP contribution in [0.4, 0.5) is 5.95 Å². The first kappa shape index (κ1) is 12.2. The average molecular weight is 235 g/mol. The second kappa shape index (κ2) is 5.40. The van der Waals surface area contributed by atoms with Crippen LogP contribution in [0.15, 0.2) is 0 Å². The molecule has 1 aromatic rings. The molecule has 1 saturated carbocycles. The van der Waals surface area contributed by atoms with E-state index in [1.54, 1.807) is 0 Å². The lowest BCUT2D eigenvalue weighted by atomic mass is 10.2. The first-order valence-corrected chi connectivity index (χ1v) is 6.49. The van der Waals surface area contributed by atoms with Gasteiger partial charge in [0.2, 0.25) is 5.95 Å². The third-order valence-electron chi connectivity index (χ3n) is 3.39. The zero-order valence-electron chi connectivity index (χ0n) is 10.6. The Hall–Kier alpha value is -1.23. The third kappa shape index (κ3) is 2.72. The van der Waals surface area contributed by atoms with Crippen LogP contribution in [0.1, 0.15) is 44.5 Å². The molecule has 5 nitrogen and oxygen atoms in total. The Morgan fingerprint density at radius 1 is 1.18 bits per heavy atom. The highest BCUT2D eigenvalue weighted by Gasteiger charge is 2.24. The van der Waals surface area contributed by atoms with Gasteiger partial charge >= 0.3 is 0 Å². The van der Waals surface area contributed by atoms with Gasteiger partial charge in [-0.25, -0.2) is 4.98 Å². The molecule has 2 unspecified atom stereocenters. The SMILES string of the molecule is CCc1nnc(NC2CCCC2N)nc1CC. The maximum Gasteiger partial charge on any atom is 0.243 e. The summed E-state index contributed by atoms with van der Waals surface area (Å²) in [6.07, 6.45) is 5.14. The fourth-order valence-corrected chi connectivity index (χ4v) is 2.33. The number of rotatable bonds is 4. The molecule has 0 aliphatic heterocycles. The van der Waals surface area contributed by atoms with Crippen LogP contribution >= 0.6 is 0 Å². The van der Waals surface area contributed by atoms with Crippen LogP contribution in [-0.4, -0.2) is 27.3 Å². The van der Waals surface area contributed by atoms with Gasteiger partial charge in [0.15, 0.2) is 0 Å². The number of nitrogens with zero attached hydrogens (tertiary/aromatic N) is 3. The molecule has 0 radical (unpaired) electrons. The normalized spacial score (nSPS) is 23.9. The molecule has 1 aliphatic rings. The Balaban J connectivity index is 2.10. The molecule has 0 aromatic carbocycles. The van der Waals surface area contributed by atoms with Crippen LogP contribution in [0.2, 0.25) is 0 Å². The van der Waals surface area contributed by atoms with Crippen molar-refractivity contribution in [2.24, 2.45) is 5.73 Å². The molecule has 5 heteroatoms. The van der Waals surface area contributed by atoms with Gasteiger partial charge in [-0.3, -0.25) is 0 Å². The van der Waals surface area contributed by atoms with Gasteiger partial charge in [-0.15, -0.1) is 5.10 Å². The average Bonchev–Trinajstić information content (AvgIpc) is 2.75. The van der Waals surface area contributed by atoms with Gasteiger partial charge in [0.25, 0.3) is 0 Å². The van der Waals surface area contributed by atoms with Gasteiger partial charge in [0.1, 0.15) is 0 Å². The lowest BCUT2D eigenvalue weighted by Gasteiger charge is -2.17. The predicted molar refractivity (Wildman–Crippen MR) is 67.8 cm³/mol. The minimum atomic E-state index is 0.217. The molecule has 1 aromatic heterocycles. The smallest absolute Gasteiger partial charge is 0.243 e. The zero-order valence-corrected chi connectivity index (χ0v) is 10.6. The largest absolute Gasteiger partial charge is 0.349 e. The van der Waals surface area contributed by atoms with Crippen LogP contribution < -0.4 is 11.1 Å². The molecule has 1 aliphatic carbocycles. The summed E-state index contributed by atoms with van der Waals surface area (Å²) in [6, 6.07) is 0.517.